The Labute approximate surface area is 159 Å². The highest BCUT2D eigenvalue weighted by molar-refractivity contribution is 5.96. The van der Waals surface area contributed by atoms with Crippen molar-refractivity contribution in [3.05, 3.63) is 90.0 Å². The van der Waals surface area contributed by atoms with Gasteiger partial charge in [0.15, 0.2) is 0 Å². The summed E-state index contributed by atoms with van der Waals surface area (Å²) in [4.78, 5) is 16.0. The molecule has 4 aromatic rings. The Morgan fingerprint density at radius 2 is 1.82 bits per heavy atom. The van der Waals surface area contributed by atoms with Crippen molar-refractivity contribution in [1.29, 1.82) is 0 Å². The zero-order chi connectivity index (χ0) is 19.5. The molecule has 0 saturated heterocycles. The van der Waals surface area contributed by atoms with Crippen LogP contribution in [0.5, 0.6) is 5.75 Å². The number of nitrogens with one attached hydrogen (secondary N) is 1. The zero-order valence-corrected chi connectivity index (χ0v) is 14.7. The van der Waals surface area contributed by atoms with Crippen LogP contribution in [0.25, 0.3) is 16.7 Å². The van der Waals surface area contributed by atoms with E-state index in [0.29, 0.717) is 17.9 Å². The summed E-state index contributed by atoms with van der Waals surface area (Å²) >= 11 is 0. The minimum atomic E-state index is -0.584. The van der Waals surface area contributed by atoms with Crippen LogP contribution in [0.1, 0.15) is 15.9 Å². The highest BCUT2D eigenvalue weighted by Gasteiger charge is 2.10. The number of hydroxylamine groups is 1. The predicted octanol–water partition coefficient (Wildman–Crippen LogP) is 3.86. The molecule has 0 bridgehead atoms. The van der Waals surface area contributed by atoms with Gasteiger partial charge >= 0.3 is 0 Å². The van der Waals surface area contributed by atoms with Gasteiger partial charge in [-0.3, -0.25) is 14.6 Å². The number of carbonyl (C=O) groups excluding carboxylic acids is 1. The molecule has 0 saturated carbocycles. The lowest BCUT2D eigenvalue weighted by Crippen LogP contribution is -2.18. The highest BCUT2D eigenvalue weighted by atomic mass is 19.1. The molecule has 0 atom stereocenters. The number of nitrogens with zero attached hydrogens (tertiary/aromatic N) is 2. The molecular formula is C21H16FN3O3. The number of ether oxygens (including phenoxy) is 1. The van der Waals surface area contributed by atoms with Crippen LogP contribution in [0.15, 0.2) is 73.1 Å². The van der Waals surface area contributed by atoms with Crippen LogP contribution < -0.4 is 10.2 Å². The van der Waals surface area contributed by atoms with E-state index in [-0.39, 0.29) is 5.82 Å². The standard InChI is InChI=1S/C21H16FN3O3/c22-16-4-1-14(2-5-16)12-28-18-8-6-17(7-9-18)25-13-23-19-10-3-15(11-20(19)25)21(26)24-27/h1-11,13,27H,12H2,(H,24,26). The number of hydrogen-bond acceptors (Lipinski definition) is 4. The van der Waals surface area contributed by atoms with Crippen LogP contribution >= 0.6 is 0 Å². The van der Waals surface area contributed by atoms with Crippen LogP contribution in [-0.2, 0) is 6.61 Å². The van der Waals surface area contributed by atoms with E-state index in [4.69, 9.17) is 9.94 Å². The molecule has 1 amide bonds. The van der Waals surface area contributed by atoms with Crippen molar-refractivity contribution in [2.24, 2.45) is 0 Å². The smallest absolute Gasteiger partial charge is 0.274 e. The molecule has 0 aliphatic rings. The van der Waals surface area contributed by atoms with Crippen LogP contribution in [0.3, 0.4) is 0 Å². The number of aromatic nitrogens is 2. The summed E-state index contributed by atoms with van der Waals surface area (Å²) in [6.45, 7) is 0.341. The van der Waals surface area contributed by atoms with Gasteiger partial charge in [-0.05, 0) is 60.2 Å². The normalized spacial score (nSPS) is 10.8. The first-order valence-electron chi connectivity index (χ1n) is 8.53. The second-order valence-electron chi connectivity index (χ2n) is 6.17. The Hall–Kier alpha value is -3.71. The molecule has 0 aliphatic carbocycles. The van der Waals surface area contributed by atoms with Crippen molar-refractivity contribution in [3.63, 3.8) is 0 Å². The third-order valence-electron chi connectivity index (χ3n) is 4.34. The molecule has 28 heavy (non-hydrogen) atoms. The monoisotopic (exact) mass is 377 g/mol. The van der Waals surface area contributed by atoms with E-state index >= 15 is 0 Å². The Morgan fingerprint density at radius 3 is 2.54 bits per heavy atom. The molecule has 7 heteroatoms. The predicted molar refractivity (Wildman–Crippen MR) is 101 cm³/mol. The first-order chi connectivity index (χ1) is 13.6. The lowest BCUT2D eigenvalue weighted by molar-refractivity contribution is 0.0706. The number of hydrogen-bond donors (Lipinski definition) is 2. The summed E-state index contributed by atoms with van der Waals surface area (Å²) < 4.78 is 20.5. The molecule has 0 fully saturated rings. The van der Waals surface area contributed by atoms with E-state index in [1.54, 1.807) is 42.1 Å². The SMILES string of the molecule is O=C(NO)c1ccc2ncn(-c3ccc(OCc4ccc(F)cc4)cc3)c2c1. The van der Waals surface area contributed by atoms with E-state index in [2.05, 4.69) is 4.98 Å². The summed E-state index contributed by atoms with van der Waals surface area (Å²) in [7, 11) is 0. The van der Waals surface area contributed by atoms with Crippen LogP contribution in [0, 0.1) is 5.82 Å². The van der Waals surface area contributed by atoms with E-state index in [0.717, 1.165) is 22.3 Å². The van der Waals surface area contributed by atoms with E-state index < -0.39 is 5.91 Å². The van der Waals surface area contributed by atoms with Gasteiger partial charge < -0.3 is 4.74 Å². The molecule has 0 spiro atoms. The van der Waals surface area contributed by atoms with Gasteiger partial charge in [0.2, 0.25) is 0 Å². The molecule has 1 aromatic heterocycles. The van der Waals surface area contributed by atoms with Crippen molar-refractivity contribution in [2.75, 3.05) is 0 Å². The van der Waals surface area contributed by atoms with Crippen molar-refractivity contribution >= 4 is 16.9 Å². The minimum absolute atomic E-state index is 0.278. The topological polar surface area (TPSA) is 76.4 Å². The molecular weight excluding hydrogens is 361 g/mol. The number of fused-ring (bicyclic) bond motifs is 1. The number of amides is 1. The fraction of sp³-hybridized carbons (Fsp3) is 0.0476. The maximum atomic E-state index is 12.9. The summed E-state index contributed by atoms with van der Waals surface area (Å²) in [5, 5.41) is 8.82. The van der Waals surface area contributed by atoms with Crippen molar-refractivity contribution in [2.45, 2.75) is 6.61 Å². The molecule has 0 unspecified atom stereocenters. The average molecular weight is 377 g/mol. The lowest BCUT2D eigenvalue weighted by Gasteiger charge is -2.09. The second-order valence-corrected chi connectivity index (χ2v) is 6.17. The minimum Gasteiger partial charge on any atom is -0.489 e. The summed E-state index contributed by atoms with van der Waals surface area (Å²) in [6.07, 6.45) is 1.67. The van der Waals surface area contributed by atoms with Crippen LogP contribution in [0.2, 0.25) is 0 Å². The van der Waals surface area contributed by atoms with E-state index in [9.17, 15) is 9.18 Å². The number of benzene rings is 3. The van der Waals surface area contributed by atoms with Gasteiger partial charge in [-0.25, -0.2) is 14.9 Å². The molecule has 3 aromatic carbocycles. The van der Waals surface area contributed by atoms with E-state index in [1.165, 1.54) is 12.1 Å². The quantitative estimate of drug-likeness (QED) is 0.409. The first kappa shape index (κ1) is 17.7. The fourth-order valence-corrected chi connectivity index (χ4v) is 2.87. The maximum absolute atomic E-state index is 12.9. The lowest BCUT2D eigenvalue weighted by atomic mass is 10.2. The van der Waals surface area contributed by atoms with Crippen molar-refractivity contribution in [3.8, 4) is 11.4 Å². The van der Waals surface area contributed by atoms with E-state index in [1.807, 2.05) is 28.8 Å². The summed E-state index contributed by atoms with van der Waals surface area (Å²) in [5.74, 6) is -0.183. The van der Waals surface area contributed by atoms with Gasteiger partial charge in [-0.15, -0.1) is 0 Å². The largest absolute Gasteiger partial charge is 0.489 e. The van der Waals surface area contributed by atoms with Crippen LogP contribution in [0.4, 0.5) is 4.39 Å². The Kier molecular flexibility index (Phi) is 4.74. The Morgan fingerprint density at radius 1 is 1.07 bits per heavy atom. The first-order valence-corrected chi connectivity index (χ1v) is 8.53. The number of rotatable bonds is 5. The van der Waals surface area contributed by atoms with Gasteiger partial charge in [-0.2, -0.15) is 0 Å². The molecule has 6 nitrogen and oxygen atoms in total. The summed E-state index contributed by atoms with van der Waals surface area (Å²) in [5.41, 5.74) is 5.15. The highest BCUT2D eigenvalue weighted by Crippen LogP contribution is 2.22. The molecule has 2 N–H and O–H groups in total. The van der Waals surface area contributed by atoms with Gasteiger partial charge in [-0.1, -0.05) is 12.1 Å². The van der Waals surface area contributed by atoms with Gasteiger partial charge in [0.1, 0.15) is 24.5 Å². The molecule has 4 rings (SSSR count). The number of halogens is 1. The average Bonchev–Trinajstić information content (AvgIpc) is 3.16. The third-order valence-corrected chi connectivity index (χ3v) is 4.34. The second kappa shape index (κ2) is 7.50. The van der Waals surface area contributed by atoms with Crippen LogP contribution in [-0.4, -0.2) is 20.7 Å². The zero-order valence-electron chi connectivity index (χ0n) is 14.7. The summed E-state index contributed by atoms with van der Waals surface area (Å²) in [6, 6.07) is 18.5. The van der Waals surface area contributed by atoms with Crippen molar-refractivity contribution in [1.82, 2.24) is 15.0 Å². The third kappa shape index (κ3) is 3.56. The molecule has 140 valence electrons. The van der Waals surface area contributed by atoms with Gasteiger partial charge in [0.05, 0.1) is 11.0 Å². The Bertz CT molecular complexity index is 1120. The molecule has 0 radical (unpaired) electrons. The van der Waals surface area contributed by atoms with Crippen molar-refractivity contribution < 1.29 is 19.1 Å². The molecule has 0 aliphatic heterocycles. The maximum Gasteiger partial charge on any atom is 0.274 e. The Balaban J connectivity index is 1.55. The van der Waals surface area contributed by atoms with Gasteiger partial charge in [0.25, 0.3) is 5.91 Å². The van der Waals surface area contributed by atoms with Gasteiger partial charge in [0, 0.05) is 11.3 Å². The number of imidazole rings is 1. The number of carbonyl (C=O) groups is 1. The molecule has 1 heterocycles. The fourth-order valence-electron chi connectivity index (χ4n) is 2.87.